The number of nitrogens with one attached hydrogen (secondary N) is 1. The fourth-order valence-corrected chi connectivity index (χ4v) is 2.28. The molecule has 1 unspecified atom stereocenters. The molecule has 0 amide bonds. The minimum absolute atomic E-state index is 0. The van der Waals surface area contributed by atoms with Gasteiger partial charge in [0.2, 0.25) is 0 Å². The Labute approximate surface area is 73.7 Å². The highest BCUT2D eigenvalue weighted by Crippen LogP contribution is 2.27. The van der Waals surface area contributed by atoms with Crippen molar-refractivity contribution in [1.82, 2.24) is 5.32 Å². The standard InChI is InChI=1S/C7H15NS.ClH/c1-7(6-9-2)3-4-8-5-7;/h8H,3-6H2,1-2H3;1H. The van der Waals surface area contributed by atoms with E-state index < -0.39 is 0 Å². The van der Waals surface area contributed by atoms with Crippen LogP contribution in [0.2, 0.25) is 0 Å². The molecule has 0 saturated carbocycles. The fourth-order valence-electron chi connectivity index (χ4n) is 1.34. The number of rotatable bonds is 2. The summed E-state index contributed by atoms with van der Waals surface area (Å²) in [6.45, 7) is 4.80. The van der Waals surface area contributed by atoms with Crippen molar-refractivity contribution in [2.75, 3.05) is 25.1 Å². The van der Waals surface area contributed by atoms with Crippen LogP contribution in [0, 0.1) is 5.41 Å². The lowest BCUT2D eigenvalue weighted by atomic mass is 9.93. The molecule has 1 aliphatic rings. The molecule has 1 aliphatic heterocycles. The Morgan fingerprint density at radius 2 is 2.30 bits per heavy atom. The van der Waals surface area contributed by atoms with Gasteiger partial charge in [0.15, 0.2) is 0 Å². The minimum atomic E-state index is 0. The van der Waals surface area contributed by atoms with E-state index >= 15 is 0 Å². The summed E-state index contributed by atoms with van der Waals surface area (Å²) >= 11 is 1.96. The molecule has 1 N–H and O–H groups in total. The molecule has 3 heteroatoms. The van der Waals surface area contributed by atoms with Crippen molar-refractivity contribution in [3.05, 3.63) is 0 Å². The second-order valence-electron chi connectivity index (χ2n) is 3.17. The van der Waals surface area contributed by atoms with E-state index in [1.165, 1.54) is 25.3 Å². The average molecular weight is 182 g/mol. The highest BCUT2D eigenvalue weighted by molar-refractivity contribution is 7.98. The fraction of sp³-hybridized carbons (Fsp3) is 1.00. The first-order chi connectivity index (χ1) is 4.27. The van der Waals surface area contributed by atoms with E-state index in [1.54, 1.807) is 0 Å². The SMILES string of the molecule is CSCC1(C)CCNC1.Cl. The maximum atomic E-state index is 3.38. The summed E-state index contributed by atoms with van der Waals surface area (Å²) in [6, 6.07) is 0. The molecule has 0 aliphatic carbocycles. The molecule has 0 spiro atoms. The molecule has 1 heterocycles. The van der Waals surface area contributed by atoms with Crippen LogP contribution in [-0.4, -0.2) is 25.1 Å². The van der Waals surface area contributed by atoms with Crippen LogP contribution in [0.15, 0.2) is 0 Å². The lowest BCUT2D eigenvalue weighted by Gasteiger charge is -2.20. The van der Waals surface area contributed by atoms with Gasteiger partial charge >= 0.3 is 0 Å². The Morgan fingerprint density at radius 1 is 1.60 bits per heavy atom. The van der Waals surface area contributed by atoms with E-state index in [4.69, 9.17) is 0 Å². The van der Waals surface area contributed by atoms with Crippen molar-refractivity contribution in [1.29, 1.82) is 0 Å². The van der Waals surface area contributed by atoms with E-state index in [2.05, 4.69) is 18.5 Å². The first-order valence-electron chi connectivity index (χ1n) is 3.46. The molecular formula is C7H16ClNS. The average Bonchev–Trinajstić information content (AvgIpc) is 2.16. The summed E-state index contributed by atoms with van der Waals surface area (Å²) in [5.74, 6) is 1.31. The van der Waals surface area contributed by atoms with Crippen LogP contribution < -0.4 is 5.32 Å². The normalized spacial score (nSPS) is 31.8. The van der Waals surface area contributed by atoms with E-state index in [0.717, 1.165) is 0 Å². The van der Waals surface area contributed by atoms with Gasteiger partial charge in [-0.2, -0.15) is 11.8 Å². The van der Waals surface area contributed by atoms with Crippen LogP contribution in [-0.2, 0) is 0 Å². The Hall–Kier alpha value is 0.600. The van der Waals surface area contributed by atoms with Crippen LogP contribution in [0.3, 0.4) is 0 Å². The van der Waals surface area contributed by atoms with Gasteiger partial charge in [-0.15, -0.1) is 12.4 Å². The van der Waals surface area contributed by atoms with Crippen molar-refractivity contribution < 1.29 is 0 Å². The van der Waals surface area contributed by atoms with Crippen LogP contribution in [0.1, 0.15) is 13.3 Å². The molecule has 1 rings (SSSR count). The quantitative estimate of drug-likeness (QED) is 0.697. The number of halogens is 1. The number of hydrogen-bond acceptors (Lipinski definition) is 2. The third-order valence-electron chi connectivity index (χ3n) is 1.95. The predicted molar refractivity (Wildman–Crippen MR) is 51.2 cm³/mol. The Kier molecular flexibility index (Phi) is 4.74. The van der Waals surface area contributed by atoms with Gasteiger partial charge in [0.1, 0.15) is 0 Å². The largest absolute Gasteiger partial charge is 0.316 e. The molecule has 62 valence electrons. The van der Waals surface area contributed by atoms with Crippen LogP contribution in [0.5, 0.6) is 0 Å². The lowest BCUT2D eigenvalue weighted by molar-refractivity contribution is 0.424. The molecule has 1 atom stereocenters. The monoisotopic (exact) mass is 181 g/mol. The van der Waals surface area contributed by atoms with E-state index in [-0.39, 0.29) is 12.4 Å². The molecule has 1 fully saturated rings. The third kappa shape index (κ3) is 2.69. The Morgan fingerprint density at radius 3 is 2.70 bits per heavy atom. The Bertz CT molecular complexity index is 91.6. The van der Waals surface area contributed by atoms with Crippen molar-refractivity contribution >= 4 is 24.2 Å². The van der Waals surface area contributed by atoms with Crippen LogP contribution in [0.25, 0.3) is 0 Å². The highest BCUT2D eigenvalue weighted by Gasteiger charge is 2.27. The van der Waals surface area contributed by atoms with Crippen LogP contribution in [0.4, 0.5) is 0 Å². The van der Waals surface area contributed by atoms with Gasteiger partial charge in [0, 0.05) is 6.54 Å². The van der Waals surface area contributed by atoms with Gasteiger partial charge in [0.05, 0.1) is 0 Å². The predicted octanol–water partition coefficient (Wildman–Crippen LogP) is 1.77. The zero-order valence-electron chi connectivity index (χ0n) is 6.64. The summed E-state index contributed by atoms with van der Waals surface area (Å²) in [7, 11) is 0. The van der Waals surface area contributed by atoms with Gasteiger partial charge in [-0.1, -0.05) is 6.92 Å². The van der Waals surface area contributed by atoms with E-state index in [9.17, 15) is 0 Å². The van der Waals surface area contributed by atoms with Gasteiger partial charge in [-0.05, 0) is 30.4 Å². The first kappa shape index (κ1) is 10.6. The first-order valence-corrected chi connectivity index (χ1v) is 4.86. The number of thioether (sulfide) groups is 1. The molecule has 0 bridgehead atoms. The van der Waals surface area contributed by atoms with Crippen molar-refractivity contribution in [3.63, 3.8) is 0 Å². The molecule has 0 aromatic carbocycles. The zero-order valence-corrected chi connectivity index (χ0v) is 8.28. The smallest absolute Gasteiger partial charge is 0.00135 e. The molecule has 1 saturated heterocycles. The maximum absolute atomic E-state index is 3.38. The van der Waals surface area contributed by atoms with Crippen LogP contribution >= 0.6 is 24.2 Å². The highest BCUT2D eigenvalue weighted by atomic mass is 35.5. The van der Waals surface area contributed by atoms with E-state index in [1.807, 2.05) is 11.8 Å². The van der Waals surface area contributed by atoms with E-state index in [0.29, 0.717) is 5.41 Å². The van der Waals surface area contributed by atoms with Crippen molar-refractivity contribution in [2.24, 2.45) is 5.41 Å². The number of hydrogen-bond donors (Lipinski definition) is 1. The molecule has 0 radical (unpaired) electrons. The molecular weight excluding hydrogens is 166 g/mol. The second-order valence-corrected chi connectivity index (χ2v) is 4.04. The molecule has 1 nitrogen and oxygen atoms in total. The van der Waals surface area contributed by atoms with Gasteiger partial charge in [-0.25, -0.2) is 0 Å². The summed E-state index contributed by atoms with van der Waals surface area (Å²) < 4.78 is 0. The Balaban J connectivity index is 0.000000810. The zero-order chi connectivity index (χ0) is 6.74. The maximum Gasteiger partial charge on any atom is 0.00135 e. The van der Waals surface area contributed by atoms with Crippen molar-refractivity contribution in [3.8, 4) is 0 Å². The van der Waals surface area contributed by atoms with Gasteiger partial charge in [-0.3, -0.25) is 0 Å². The molecule has 0 aromatic rings. The van der Waals surface area contributed by atoms with Gasteiger partial charge < -0.3 is 5.32 Å². The summed E-state index contributed by atoms with van der Waals surface area (Å²) in [6.07, 6.45) is 3.54. The summed E-state index contributed by atoms with van der Waals surface area (Å²) in [5, 5.41) is 3.38. The molecule has 10 heavy (non-hydrogen) atoms. The second kappa shape index (κ2) is 4.47. The van der Waals surface area contributed by atoms with Gasteiger partial charge in [0.25, 0.3) is 0 Å². The third-order valence-corrected chi connectivity index (χ3v) is 2.94. The topological polar surface area (TPSA) is 12.0 Å². The summed E-state index contributed by atoms with van der Waals surface area (Å²) in [4.78, 5) is 0. The van der Waals surface area contributed by atoms with Crippen molar-refractivity contribution in [2.45, 2.75) is 13.3 Å². The minimum Gasteiger partial charge on any atom is -0.316 e. The summed E-state index contributed by atoms with van der Waals surface area (Å²) in [5.41, 5.74) is 0.597. The molecule has 0 aromatic heterocycles. The lowest BCUT2D eigenvalue weighted by Crippen LogP contribution is -2.22.